The van der Waals surface area contributed by atoms with Crippen LogP contribution in [0.5, 0.6) is 0 Å². The van der Waals surface area contributed by atoms with Crippen LogP contribution in [-0.4, -0.2) is 11.0 Å². The van der Waals surface area contributed by atoms with Crippen LogP contribution in [-0.2, 0) is 12.8 Å². The van der Waals surface area contributed by atoms with E-state index in [2.05, 4.69) is 40.2 Å². The van der Waals surface area contributed by atoms with Crippen LogP contribution in [0.1, 0.15) is 11.1 Å². The third-order valence-electron chi connectivity index (χ3n) is 3.67. The number of fused-ring (bicyclic) bond motifs is 5. The van der Waals surface area contributed by atoms with Crippen LogP contribution in [0.15, 0.2) is 42.7 Å². The quantitative estimate of drug-likeness (QED) is 0.661. The lowest BCUT2D eigenvalue weighted by Gasteiger charge is -2.19. The van der Waals surface area contributed by atoms with E-state index in [1.54, 1.807) is 0 Å². The summed E-state index contributed by atoms with van der Waals surface area (Å²) in [5.74, 6) is 0. The summed E-state index contributed by atoms with van der Waals surface area (Å²) in [6.45, 7) is 0. The normalized spacial score (nSPS) is 20.5. The van der Waals surface area contributed by atoms with Crippen LogP contribution in [0.4, 0.5) is 11.4 Å². The minimum Gasteiger partial charge on any atom is -0.336 e. The van der Waals surface area contributed by atoms with Gasteiger partial charge in [0.05, 0.1) is 11.9 Å². The van der Waals surface area contributed by atoms with E-state index < -0.39 is 0 Å². The first-order valence-electron chi connectivity index (χ1n) is 5.73. The van der Waals surface area contributed by atoms with Gasteiger partial charge in [0, 0.05) is 17.9 Å². The van der Waals surface area contributed by atoms with Gasteiger partial charge < -0.3 is 4.90 Å². The van der Waals surface area contributed by atoms with Gasteiger partial charge in [0.2, 0.25) is 0 Å². The van der Waals surface area contributed by atoms with E-state index in [4.69, 9.17) is 0 Å². The van der Waals surface area contributed by atoms with E-state index in [0.717, 1.165) is 6.42 Å². The highest BCUT2D eigenvalue weighted by molar-refractivity contribution is 5.75. The molecule has 2 aromatic rings. The summed E-state index contributed by atoms with van der Waals surface area (Å²) in [7, 11) is 0. The predicted octanol–water partition coefficient (Wildman–Crippen LogP) is 2.70. The van der Waals surface area contributed by atoms with Crippen LogP contribution in [0.25, 0.3) is 0 Å². The average molecular weight is 208 g/mol. The highest BCUT2D eigenvalue weighted by atomic mass is 15.2. The molecule has 1 aromatic heterocycles. The van der Waals surface area contributed by atoms with Crippen molar-refractivity contribution in [3.8, 4) is 0 Å². The number of aromatic nitrogens is 1. The molecule has 0 amide bonds. The van der Waals surface area contributed by atoms with E-state index in [9.17, 15) is 0 Å². The molecule has 2 nitrogen and oxygen atoms in total. The molecule has 4 rings (SSSR count). The van der Waals surface area contributed by atoms with Crippen molar-refractivity contribution >= 4 is 11.4 Å². The Bertz CT molecular complexity index is 513. The first-order valence-corrected chi connectivity index (χ1v) is 5.73. The van der Waals surface area contributed by atoms with Gasteiger partial charge in [0.25, 0.3) is 0 Å². The smallest absolute Gasteiger partial charge is 0.0633 e. The van der Waals surface area contributed by atoms with Gasteiger partial charge in [0.1, 0.15) is 0 Å². The Kier molecular flexibility index (Phi) is 1.48. The van der Waals surface area contributed by atoms with E-state index in [-0.39, 0.29) is 0 Å². The van der Waals surface area contributed by atoms with Crippen LogP contribution >= 0.6 is 0 Å². The molecule has 0 N–H and O–H groups in total. The summed E-state index contributed by atoms with van der Waals surface area (Å²) in [4.78, 5) is 6.70. The number of hydrogen-bond acceptors (Lipinski definition) is 2. The van der Waals surface area contributed by atoms with Gasteiger partial charge in [-0.1, -0.05) is 18.2 Å². The zero-order valence-corrected chi connectivity index (χ0v) is 8.93. The van der Waals surface area contributed by atoms with E-state index in [1.807, 2.05) is 12.4 Å². The van der Waals surface area contributed by atoms with Gasteiger partial charge in [-0.05, 0) is 36.1 Å². The van der Waals surface area contributed by atoms with Crippen LogP contribution in [0, 0.1) is 0 Å². The fourth-order valence-corrected chi connectivity index (χ4v) is 3.01. The number of anilines is 2. The first kappa shape index (κ1) is 8.34. The fraction of sp³-hybridized carbons (Fsp3) is 0.214. The fourth-order valence-electron chi connectivity index (χ4n) is 3.01. The molecule has 0 saturated heterocycles. The van der Waals surface area contributed by atoms with Crippen LogP contribution in [0.3, 0.4) is 0 Å². The van der Waals surface area contributed by atoms with Crippen LogP contribution < -0.4 is 4.90 Å². The van der Waals surface area contributed by atoms with Crippen molar-refractivity contribution in [1.29, 1.82) is 0 Å². The van der Waals surface area contributed by atoms with Gasteiger partial charge in [-0.25, -0.2) is 0 Å². The second-order valence-electron chi connectivity index (χ2n) is 4.57. The zero-order chi connectivity index (χ0) is 10.5. The molecule has 2 aliphatic rings. The molecular weight excluding hydrogens is 196 g/mol. The maximum Gasteiger partial charge on any atom is 0.0633 e. The molecule has 78 valence electrons. The monoisotopic (exact) mass is 208 g/mol. The van der Waals surface area contributed by atoms with Crippen molar-refractivity contribution in [2.75, 3.05) is 4.90 Å². The average Bonchev–Trinajstić information content (AvgIpc) is 2.83. The van der Waals surface area contributed by atoms with Gasteiger partial charge in [-0.2, -0.15) is 0 Å². The lowest BCUT2D eigenvalue weighted by molar-refractivity contribution is 0.725. The highest BCUT2D eigenvalue weighted by Gasteiger charge is 2.36. The summed E-state index contributed by atoms with van der Waals surface area (Å²) < 4.78 is 0. The maximum atomic E-state index is 4.25. The second-order valence-corrected chi connectivity index (χ2v) is 4.57. The molecule has 0 fully saturated rings. The number of hydrogen-bond donors (Lipinski definition) is 0. The molecule has 1 atom stereocenters. The first-order chi connectivity index (χ1) is 7.93. The molecule has 16 heavy (non-hydrogen) atoms. The van der Waals surface area contributed by atoms with E-state index >= 15 is 0 Å². The Balaban J connectivity index is 1.93. The van der Waals surface area contributed by atoms with Crippen molar-refractivity contribution in [2.24, 2.45) is 0 Å². The maximum absolute atomic E-state index is 4.25. The number of para-hydroxylation sites is 1. The predicted molar refractivity (Wildman–Crippen MR) is 64.0 cm³/mol. The lowest BCUT2D eigenvalue weighted by Crippen LogP contribution is -2.22. The van der Waals surface area contributed by atoms with Crippen molar-refractivity contribution < 1.29 is 0 Å². The molecular formula is C14H12N2. The number of benzene rings is 1. The Morgan fingerprint density at radius 2 is 1.81 bits per heavy atom. The minimum atomic E-state index is 0.622. The summed E-state index contributed by atoms with van der Waals surface area (Å²) in [5, 5.41) is 0. The zero-order valence-electron chi connectivity index (χ0n) is 8.93. The van der Waals surface area contributed by atoms with Gasteiger partial charge in [-0.15, -0.1) is 0 Å². The molecule has 3 heterocycles. The van der Waals surface area contributed by atoms with E-state index in [1.165, 1.54) is 28.9 Å². The Hall–Kier alpha value is -1.83. The molecule has 0 spiro atoms. The Morgan fingerprint density at radius 1 is 1.00 bits per heavy atom. The molecule has 1 unspecified atom stereocenters. The molecule has 0 aliphatic carbocycles. The van der Waals surface area contributed by atoms with Crippen molar-refractivity contribution in [1.82, 2.24) is 4.98 Å². The van der Waals surface area contributed by atoms with Crippen LogP contribution in [0.2, 0.25) is 0 Å². The Labute approximate surface area is 94.6 Å². The highest BCUT2D eigenvalue weighted by Crippen LogP contribution is 2.45. The molecule has 0 bridgehead atoms. The molecule has 0 radical (unpaired) electrons. The second kappa shape index (κ2) is 2.85. The molecule has 2 aliphatic heterocycles. The standard InChI is InChI=1S/C14H12N2/c1-2-4-13-10(3-1)7-12-8-11-5-6-15-9-14(11)16(12)13/h1-6,9,12H,7-8H2. The Morgan fingerprint density at radius 3 is 2.75 bits per heavy atom. The van der Waals surface area contributed by atoms with Gasteiger partial charge >= 0.3 is 0 Å². The summed E-state index contributed by atoms with van der Waals surface area (Å²) in [6, 6.07) is 11.5. The molecule has 1 aromatic carbocycles. The van der Waals surface area contributed by atoms with E-state index in [0.29, 0.717) is 6.04 Å². The SMILES string of the molecule is c1ccc2c(c1)CC1Cc3ccncc3N21. The number of pyridine rings is 1. The van der Waals surface area contributed by atoms with Gasteiger partial charge in [-0.3, -0.25) is 4.98 Å². The molecule has 0 saturated carbocycles. The number of nitrogens with zero attached hydrogens (tertiary/aromatic N) is 2. The topological polar surface area (TPSA) is 16.1 Å². The number of rotatable bonds is 0. The van der Waals surface area contributed by atoms with Crippen molar-refractivity contribution in [3.63, 3.8) is 0 Å². The summed E-state index contributed by atoms with van der Waals surface area (Å²) in [5.41, 5.74) is 5.59. The van der Waals surface area contributed by atoms with Gasteiger partial charge in [0.15, 0.2) is 0 Å². The third kappa shape index (κ3) is 0.941. The minimum absolute atomic E-state index is 0.622. The lowest BCUT2D eigenvalue weighted by atomic mass is 10.1. The third-order valence-corrected chi connectivity index (χ3v) is 3.67. The van der Waals surface area contributed by atoms with Crippen molar-refractivity contribution in [2.45, 2.75) is 18.9 Å². The molecule has 2 heteroatoms. The van der Waals surface area contributed by atoms with Crippen molar-refractivity contribution in [3.05, 3.63) is 53.9 Å². The summed E-state index contributed by atoms with van der Waals surface area (Å²) in [6.07, 6.45) is 6.22. The largest absolute Gasteiger partial charge is 0.336 e. The summed E-state index contributed by atoms with van der Waals surface area (Å²) >= 11 is 0.